The number of carboxylic acids is 1. The Bertz CT molecular complexity index is 1670. The van der Waals surface area contributed by atoms with Crippen molar-refractivity contribution >= 4 is 29.6 Å². The molecule has 1 heterocycles. The van der Waals surface area contributed by atoms with Gasteiger partial charge in [-0.25, -0.2) is 4.79 Å². The summed E-state index contributed by atoms with van der Waals surface area (Å²) in [4.78, 5) is 68.7. The lowest BCUT2D eigenvalue weighted by Crippen LogP contribution is -2.58. The number of carboxylic acid groups (broad SMARTS) is 1. The molecule has 60 heavy (non-hydrogen) atoms. The van der Waals surface area contributed by atoms with Crippen LogP contribution >= 0.6 is 0 Å². The summed E-state index contributed by atoms with van der Waals surface area (Å²) in [5.41, 5.74) is 8.77. The summed E-state index contributed by atoms with van der Waals surface area (Å²) in [5, 5.41) is 34.2. The van der Waals surface area contributed by atoms with Gasteiger partial charge in [0.1, 0.15) is 23.9 Å². The molecule has 4 atom stereocenters. The summed E-state index contributed by atoms with van der Waals surface area (Å²) in [6.45, 7) is 4.10. The Balaban J connectivity index is 1.42. The minimum Gasteiger partial charge on any atom is -0.508 e. The fraction of sp³-hybridized carbons (Fsp3) is 0.587. The van der Waals surface area contributed by atoms with Gasteiger partial charge in [-0.3, -0.25) is 19.2 Å². The summed E-state index contributed by atoms with van der Waals surface area (Å²) in [6.07, 6.45) is 16.6. The fourth-order valence-corrected chi connectivity index (χ4v) is 7.91. The monoisotopic (exact) mass is 832 g/mol. The van der Waals surface area contributed by atoms with Crippen molar-refractivity contribution in [1.29, 1.82) is 0 Å². The summed E-state index contributed by atoms with van der Waals surface area (Å²) >= 11 is 0. The van der Waals surface area contributed by atoms with Crippen molar-refractivity contribution in [1.82, 2.24) is 31.5 Å². The molecule has 1 fully saturated rings. The number of aromatic hydroxyl groups is 1. The molecular weight excluding hydrogens is 763 g/mol. The molecule has 4 amide bonds. The number of nitrogens with two attached hydrogens (primary N) is 1. The number of unbranched alkanes of at least 4 members (excludes halogenated alkanes) is 5. The number of hydrogen-bond acceptors (Lipinski definition) is 9. The van der Waals surface area contributed by atoms with Crippen LogP contribution in [0.25, 0.3) is 0 Å². The van der Waals surface area contributed by atoms with E-state index in [4.69, 9.17) is 5.73 Å². The maximum atomic E-state index is 14.2. The molecule has 4 rings (SSSR count). The number of carbonyl (C=O) groups excluding carboxylic acids is 4. The zero-order valence-corrected chi connectivity index (χ0v) is 35.5. The molecule has 0 saturated heterocycles. The molecule has 14 nitrogen and oxygen atoms in total. The summed E-state index contributed by atoms with van der Waals surface area (Å²) < 4.78 is 0. The van der Waals surface area contributed by atoms with Gasteiger partial charge in [-0.15, -0.1) is 0 Å². The van der Waals surface area contributed by atoms with Crippen LogP contribution in [-0.2, 0) is 36.8 Å². The second-order valence-electron chi connectivity index (χ2n) is 16.5. The number of carbonyl (C=O) groups is 5. The van der Waals surface area contributed by atoms with Gasteiger partial charge in [-0.05, 0) is 61.3 Å². The quantitative estimate of drug-likeness (QED) is 0.0579. The van der Waals surface area contributed by atoms with Gasteiger partial charge in [-0.2, -0.15) is 0 Å². The van der Waals surface area contributed by atoms with E-state index in [0.29, 0.717) is 44.0 Å². The third-order valence-electron chi connectivity index (χ3n) is 11.5. The van der Waals surface area contributed by atoms with Crippen molar-refractivity contribution in [3.8, 4) is 5.75 Å². The van der Waals surface area contributed by atoms with Crippen molar-refractivity contribution in [2.75, 3.05) is 19.8 Å². The highest BCUT2D eigenvalue weighted by atomic mass is 16.4. The number of aliphatic carboxylic acids is 1. The molecule has 2 aliphatic rings. The first kappa shape index (κ1) is 47.6. The van der Waals surface area contributed by atoms with Crippen molar-refractivity contribution in [3.05, 3.63) is 77.6 Å². The Kier molecular flexibility index (Phi) is 20.8. The maximum absolute atomic E-state index is 14.2. The number of nitrogens with zero attached hydrogens (tertiary/aromatic N) is 1. The number of nitrogens with one attached hydrogen (secondary N) is 5. The highest BCUT2D eigenvalue weighted by Gasteiger charge is 2.31. The minimum absolute atomic E-state index is 0.0107. The Morgan fingerprint density at radius 3 is 2.13 bits per heavy atom. The molecular formula is C46H69N7O7. The van der Waals surface area contributed by atoms with Crippen molar-refractivity contribution < 1.29 is 34.2 Å². The molecule has 0 bridgehead atoms. The van der Waals surface area contributed by atoms with Crippen LogP contribution in [0.5, 0.6) is 5.75 Å². The Labute approximate surface area is 355 Å². The van der Waals surface area contributed by atoms with E-state index in [0.717, 1.165) is 56.3 Å². The molecule has 0 radical (unpaired) electrons. The minimum atomic E-state index is -1.32. The number of benzene rings is 2. The van der Waals surface area contributed by atoms with Crippen LogP contribution in [0.15, 0.2) is 66.5 Å². The van der Waals surface area contributed by atoms with Gasteiger partial charge in [-0.1, -0.05) is 107 Å². The van der Waals surface area contributed by atoms with E-state index in [-0.39, 0.29) is 37.3 Å². The first-order chi connectivity index (χ1) is 29.0. The van der Waals surface area contributed by atoms with Crippen molar-refractivity contribution in [2.24, 2.45) is 11.7 Å². The van der Waals surface area contributed by atoms with E-state index in [9.17, 15) is 34.2 Å². The number of phenols is 1. The SMILES string of the molecule is CCCCCCCC(=O)NCCCC[C@H](NC(=O)[C@@H](N)CC1=CNCN1CCC1CCCCC1)C(=O)N[C@@H](Cc1ccccc1)C(=O)N[C@@H](Cc1ccc(O)cc1)C(=O)O. The third kappa shape index (κ3) is 17.2. The number of hydrogen-bond donors (Lipinski definition) is 8. The predicted octanol–water partition coefficient (Wildman–Crippen LogP) is 4.76. The third-order valence-corrected chi connectivity index (χ3v) is 11.5. The van der Waals surface area contributed by atoms with Crippen LogP contribution in [0.2, 0.25) is 0 Å². The van der Waals surface area contributed by atoms with Gasteiger partial charge in [0.25, 0.3) is 0 Å². The number of amides is 4. The average molecular weight is 832 g/mol. The van der Waals surface area contributed by atoms with Gasteiger partial charge in [0.2, 0.25) is 23.6 Å². The van der Waals surface area contributed by atoms with Crippen LogP contribution in [0, 0.1) is 5.92 Å². The van der Waals surface area contributed by atoms with E-state index in [1.165, 1.54) is 44.2 Å². The van der Waals surface area contributed by atoms with Gasteiger partial charge >= 0.3 is 5.97 Å². The lowest BCUT2D eigenvalue weighted by molar-refractivity contribution is -0.142. The largest absolute Gasteiger partial charge is 0.508 e. The molecule has 1 aliphatic heterocycles. The summed E-state index contributed by atoms with van der Waals surface area (Å²) in [6, 6.07) is 10.6. The standard InChI is InChI=1S/C46H69N7O7/c1-2-3-4-5-12-20-42(55)49-26-14-13-19-39(50-43(56)38(47)30-36-31-48-32-53(36)27-25-33-15-8-6-9-16-33)44(57)51-40(28-34-17-10-7-11-18-34)45(58)52-41(46(59)60)29-35-21-23-37(54)24-22-35/h7,10-11,17-18,21-24,31,33,38-41,48,54H,2-6,8-9,12-16,19-20,25-30,32,47H2,1H3,(H,49,55)(H,50,56)(H,51,57)(H,52,58)(H,59,60)/t38-,39-,40-,41-/m0/s1. The number of rotatable bonds is 27. The lowest BCUT2D eigenvalue weighted by atomic mass is 9.87. The van der Waals surface area contributed by atoms with Gasteiger partial charge < -0.3 is 47.4 Å². The molecule has 330 valence electrons. The van der Waals surface area contributed by atoms with Crippen LogP contribution in [0.3, 0.4) is 0 Å². The second-order valence-corrected chi connectivity index (χ2v) is 16.5. The van der Waals surface area contributed by atoms with Crippen molar-refractivity contribution in [2.45, 2.75) is 147 Å². The maximum Gasteiger partial charge on any atom is 0.326 e. The zero-order valence-electron chi connectivity index (χ0n) is 35.5. The van der Waals surface area contributed by atoms with Gasteiger partial charge in [0.15, 0.2) is 0 Å². The smallest absolute Gasteiger partial charge is 0.326 e. The molecule has 2 aromatic carbocycles. The normalized spacial score (nSPS) is 16.1. The molecule has 0 aromatic heterocycles. The molecule has 14 heteroatoms. The van der Waals surface area contributed by atoms with Gasteiger partial charge in [0, 0.05) is 50.7 Å². The Hall–Kier alpha value is -5.11. The van der Waals surface area contributed by atoms with E-state index in [2.05, 4.69) is 38.4 Å². The van der Waals surface area contributed by atoms with Crippen LogP contribution < -0.4 is 32.3 Å². The van der Waals surface area contributed by atoms with E-state index in [1.54, 1.807) is 36.4 Å². The first-order valence-electron chi connectivity index (χ1n) is 22.2. The van der Waals surface area contributed by atoms with Crippen molar-refractivity contribution in [3.63, 3.8) is 0 Å². The van der Waals surface area contributed by atoms with Crippen LogP contribution in [0.1, 0.15) is 121 Å². The summed E-state index contributed by atoms with van der Waals surface area (Å²) in [5.74, 6) is -2.35. The Morgan fingerprint density at radius 2 is 1.42 bits per heavy atom. The molecule has 1 aliphatic carbocycles. The predicted molar refractivity (Wildman–Crippen MR) is 232 cm³/mol. The summed E-state index contributed by atoms with van der Waals surface area (Å²) in [7, 11) is 0. The second kappa shape index (κ2) is 26.2. The number of phenolic OH excluding ortho intramolecular Hbond substituents is 1. The van der Waals surface area contributed by atoms with Crippen LogP contribution in [-0.4, -0.2) is 88.6 Å². The molecule has 2 aromatic rings. The molecule has 9 N–H and O–H groups in total. The topological polar surface area (TPSA) is 215 Å². The molecule has 0 unspecified atom stereocenters. The average Bonchev–Trinajstić information content (AvgIpc) is 3.69. The van der Waals surface area contributed by atoms with E-state index < -0.39 is 47.9 Å². The molecule has 1 saturated carbocycles. The molecule has 0 spiro atoms. The first-order valence-corrected chi connectivity index (χ1v) is 22.2. The zero-order chi connectivity index (χ0) is 43.1. The fourth-order valence-electron chi connectivity index (χ4n) is 7.91. The van der Waals surface area contributed by atoms with E-state index in [1.807, 2.05) is 12.3 Å². The van der Waals surface area contributed by atoms with Crippen LogP contribution in [0.4, 0.5) is 0 Å². The Morgan fingerprint density at radius 1 is 0.767 bits per heavy atom. The van der Waals surface area contributed by atoms with Gasteiger partial charge in [0.05, 0.1) is 12.7 Å². The highest BCUT2D eigenvalue weighted by molar-refractivity contribution is 5.94. The lowest BCUT2D eigenvalue weighted by Gasteiger charge is -2.28. The highest BCUT2D eigenvalue weighted by Crippen LogP contribution is 2.27. The van der Waals surface area contributed by atoms with E-state index >= 15 is 0 Å².